The van der Waals surface area contributed by atoms with Gasteiger partial charge in [0.15, 0.2) is 17.6 Å². The molecule has 0 aliphatic heterocycles. The molecule has 1 heterocycles. The predicted octanol–water partition coefficient (Wildman–Crippen LogP) is 4.29. The van der Waals surface area contributed by atoms with E-state index in [0.717, 1.165) is 0 Å². The van der Waals surface area contributed by atoms with Gasteiger partial charge in [-0.2, -0.15) is 0 Å². The smallest absolute Gasteiger partial charge is 0.375 e. The maximum Gasteiger partial charge on any atom is 0.375 e. The number of carbonyl (C=O) groups is 2. The third kappa shape index (κ3) is 4.60. The number of amides is 1. The average Bonchev–Trinajstić information content (AvgIpc) is 3.24. The molecule has 1 N–H and O–H groups in total. The first-order chi connectivity index (χ1) is 14.4. The molecule has 0 fully saturated rings. The first-order valence-electron chi connectivity index (χ1n) is 9.01. The number of furan rings is 1. The van der Waals surface area contributed by atoms with Crippen LogP contribution in [0.4, 0.5) is 10.1 Å². The molecule has 8 heteroatoms. The quantitative estimate of drug-likeness (QED) is 0.582. The molecule has 1 aromatic heterocycles. The molecule has 0 radical (unpaired) electrons. The second-order valence-electron chi connectivity index (χ2n) is 6.25. The molecule has 0 aliphatic rings. The monoisotopic (exact) mass is 413 g/mol. The Morgan fingerprint density at radius 1 is 1.00 bits per heavy atom. The molecule has 0 saturated heterocycles. The van der Waals surface area contributed by atoms with Crippen LogP contribution in [0.2, 0.25) is 0 Å². The van der Waals surface area contributed by atoms with Gasteiger partial charge in [0.25, 0.3) is 5.91 Å². The zero-order chi connectivity index (χ0) is 21.7. The van der Waals surface area contributed by atoms with Crippen LogP contribution >= 0.6 is 0 Å². The van der Waals surface area contributed by atoms with Crippen LogP contribution < -0.4 is 14.8 Å². The molecule has 0 aliphatic carbocycles. The van der Waals surface area contributed by atoms with E-state index in [1.54, 1.807) is 30.3 Å². The molecule has 30 heavy (non-hydrogen) atoms. The number of hydrogen-bond donors (Lipinski definition) is 1. The Bertz CT molecular complexity index is 1060. The summed E-state index contributed by atoms with van der Waals surface area (Å²) in [5.74, 6) is -0.866. The fourth-order valence-electron chi connectivity index (χ4n) is 2.68. The van der Waals surface area contributed by atoms with Crippen LogP contribution in [-0.2, 0) is 9.53 Å². The Morgan fingerprint density at radius 2 is 1.73 bits per heavy atom. The van der Waals surface area contributed by atoms with Crippen molar-refractivity contribution in [3.05, 3.63) is 66.2 Å². The lowest BCUT2D eigenvalue weighted by Gasteiger charge is -2.14. The van der Waals surface area contributed by atoms with Gasteiger partial charge in [-0.05, 0) is 43.3 Å². The molecule has 1 unspecified atom stereocenters. The first-order valence-corrected chi connectivity index (χ1v) is 9.01. The average molecular weight is 413 g/mol. The third-order valence-corrected chi connectivity index (χ3v) is 4.25. The van der Waals surface area contributed by atoms with Gasteiger partial charge in [0.1, 0.15) is 11.6 Å². The Hall–Kier alpha value is -3.81. The van der Waals surface area contributed by atoms with Crippen molar-refractivity contribution < 1.29 is 32.6 Å². The zero-order valence-corrected chi connectivity index (χ0v) is 16.6. The summed E-state index contributed by atoms with van der Waals surface area (Å²) in [5.41, 5.74) is 0.663. The molecular weight excluding hydrogens is 393 g/mol. The van der Waals surface area contributed by atoms with Crippen LogP contribution in [0.15, 0.2) is 59.0 Å². The molecule has 1 atom stereocenters. The lowest BCUT2D eigenvalue weighted by Crippen LogP contribution is -2.29. The van der Waals surface area contributed by atoms with Crippen molar-refractivity contribution in [1.82, 2.24) is 0 Å². The minimum atomic E-state index is -1.10. The zero-order valence-electron chi connectivity index (χ0n) is 16.6. The van der Waals surface area contributed by atoms with Crippen molar-refractivity contribution in [3.8, 4) is 22.8 Å². The van der Waals surface area contributed by atoms with Gasteiger partial charge in [-0.1, -0.05) is 12.1 Å². The lowest BCUT2D eigenvalue weighted by molar-refractivity contribution is -0.123. The summed E-state index contributed by atoms with van der Waals surface area (Å²) in [6, 6.07) is 13.7. The minimum Gasteiger partial charge on any atom is -0.493 e. The largest absolute Gasteiger partial charge is 0.493 e. The Kier molecular flexibility index (Phi) is 6.36. The summed E-state index contributed by atoms with van der Waals surface area (Å²) < 4.78 is 34.7. The number of ether oxygens (including phenoxy) is 3. The van der Waals surface area contributed by atoms with Crippen LogP contribution in [0.5, 0.6) is 11.5 Å². The van der Waals surface area contributed by atoms with Gasteiger partial charge in [-0.15, -0.1) is 0 Å². The SMILES string of the molecule is COc1ccc(NC(=O)C(C)OC(=O)c2ccc(-c3ccccc3F)o2)cc1OC. The summed E-state index contributed by atoms with van der Waals surface area (Å²) in [4.78, 5) is 24.7. The minimum absolute atomic E-state index is 0.140. The Balaban J connectivity index is 1.64. The highest BCUT2D eigenvalue weighted by atomic mass is 19.1. The van der Waals surface area contributed by atoms with E-state index in [-0.39, 0.29) is 17.1 Å². The highest BCUT2D eigenvalue weighted by Crippen LogP contribution is 2.30. The fraction of sp³-hybridized carbons (Fsp3) is 0.182. The van der Waals surface area contributed by atoms with Crippen LogP contribution in [-0.4, -0.2) is 32.2 Å². The normalized spacial score (nSPS) is 11.5. The first kappa shape index (κ1) is 20.9. The van der Waals surface area contributed by atoms with Crippen molar-refractivity contribution in [2.24, 2.45) is 0 Å². The number of methoxy groups -OCH3 is 2. The lowest BCUT2D eigenvalue weighted by atomic mass is 10.1. The van der Waals surface area contributed by atoms with Crippen molar-refractivity contribution in [2.45, 2.75) is 13.0 Å². The van der Waals surface area contributed by atoms with E-state index in [4.69, 9.17) is 18.6 Å². The molecule has 0 saturated carbocycles. The number of halogens is 1. The van der Waals surface area contributed by atoms with E-state index in [1.165, 1.54) is 45.4 Å². The molecule has 2 aromatic carbocycles. The van der Waals surface area contributed by atoms with Crippen molar-refractivity contribution >= 4 is 17.6 Å². The Labute approximate surface area is 172 Å². The number of rotatable bonds is 7. The molecule has 3 aromatic rings. The summed E-state index contributed by atoms with van der Waals surface area (Å²) in [6.07, 6.45) is -1.10. The standard InChI is InChI=1S/C22H20FNO6/c1-13(21(25)24-14-8-9-18(27-2)20(12-14)28-3)29-22(26)19-11-10-17(30-19)15-6-4-5-7-16(15)23/h4-13H,1-3H3,(H,24,25). The van der Waals surface area contributed by atoms with E-state index in [2.05, 4.69) is 5.32 Å². The molecule has 1 amide bonds. The summed E-state index contributed by atoms with van der Waals surface area (Å²) in [6.45, 7) is 1.43. The van der Waals surface area contributed by atoms with E-state index < -0.39 is 23.8 Å². The molecule has 3 rings (SSSR count). The van der Waals surface area contributed by atoms with Crippen LogP contribution in [0, 0.1) is 5.82 Å². The summed E-state index contributed by atoms with van der Waals surface area (Å²) >= 11 is 0. The van der Waals surface area contributed by atoms with Crippen molar-refractivity contribution in [1.29, 1.82) is 0 Å². The maximum atomic E-state index is 13.9. The molecule has 0 bridgehead atoms. The number of hydrogen-bond acceptors (Lipinski definition) is 6. The number of anilines is 1. The van der Waals surface area contributed by atoms with E-state index in [1.807, 2.05) is 0 Å². The number of esters is 1. The number of nitrogens with one attached hydrogen (secondary N) is 1. The van der Waals surface area contributed by atoms with Crippen LogP contribution in [0.1, 0.15) is 17.5 Å². The van der Waals surface area contributed by atoms with Crippen LogP contribution in [0.3, 0.4) is 0 Å². The number of benzene rings is 2. The highest BCUT2D eigenvalue weighted by molar-refractivity contribution is 5.97. The second kappa shape index (κ2) is 9.13. The number of carbonyl (C=O) groups excluding carboxylic acids is 2. The van der Waals surface area contributed by atoms with Gasteiger partial charge in [0.2, 0.25) is 5.76 Å². The molecule has 0 spiro atoms. The van der Waals surface area contributed by atoms with Crippen molar-refractivity contribution in [3.63, 3.8) is 0 Å². The second-order valence-corrected chi connectivity index (χ2v) is 6.25. The Morgan fingerprint density at radius 3 is 2.43 bits per heavy atom. The van der Waals surface area contributed by atoms with Gasteiger partial charge < -0.3 is 23.9 Å². The topological polar surface area (TPSA) is 87.0 Å². The van der Waals surface area contributed by atoms with E-state index >= 15 is 0 Å². The molecule has 156 valence electrons. The van der Waals surface area contributed by atoms with Crippen molar-refractivity contribution in [2.75, 3.05) is 19.5 Å². The highest BCUT2D eigenvalue weighted by Gasteiger charge is 2.22. The van der Waals surface area contributed by atoms with Gasteiger partial charge in [0, 0.05) is 11.8 Å². The third-order valence-electron chi connectivity index (χ3n) is 4.25. The maximum absolute atomic E-state index is 13.9. The van der Waals surface area contributed by atoms with Gasteiger partial charge in [-0.3, -0.25) is 4.79 Å². The molecule has 7 nitrogen and oxygen atoms in total. The fourth-order valence-corrected chi connectivity index (χ4v) is 2.68. The van der Waals surface area contributed by atoms with Gasteiger partial charge in [-0.25, -0.2) is 9.18 Å². The van der Waals surface area contributed by atoms with Crippen LogP contribution in [0.25, 0.3) is 11.3 Å². The predicted molar refractivity (Wildman–Crippen MR) is 107 cm³/mol. The summed E-state index contributed by atoms with van der Waals surface area (Å²) in [7, 11) is 2.98. The van der Waals surface area contributed by atoms with Gasteiger partial charge >= 0.3 is 5.97 Å². The molecular formula is C22H20FNO6. The summed E-state index contributed by atoms with van der Waals surface area (Å²) in [5, 5.41) is 2.63. The van der Waals surface area contributed by atoms with E-state index in [0.29, 0.717) is 17.2 Å². The van der Waals surface area contributed by atoms with Gasteiger partial charge in [0.05, 0.1) is 19.8 Å². The van der Waals surface area contributed by atoms with E-state index in [9.17, 15) is 14.0 Å².